The molecule has 0 aromatic heterocycles. The minimum absolute atomic E-state index is 0. The molecule has 2 aromatic rings. The normalized spacial score (nSPS) is 15.1. The first-order chi connectivity index (χ1) is 20.9. The van der Waals surface area contributed by atoms with E-state index in [1.807, 2.05) is 39.2 Å². The molecule has 0 amide bonds. The maximum Gasteiger partial charge on any atom is 0.335 e. The summed E-state index contributed by atoms with van der Waals surface area (Å²) in [5, 5.41) is 45.8. The Labute approximate surface area is 267 Å². The molecule has 8 N–H and O–H groups in total. The highest BCUT2D eigenvalue weighted by molar-refractivity contribution is 6.03. The molecule has 1 aliphatic rings. The van der Waals surface area contributed by atoms with Crippen LogP contribution < -0.4 is 15.5 Å². The van der Waals surface area contributed by atoms with Gasteiger partial charge in [-0.1, -0.05) is 12.1 Å². The number of hydrogen-bond donors (Lipinski definition) is 6. The molecule has 1 aliphatic carbocycles. The SMILES string of the molecule is CC(=O)CC(=O)C(CO)C(CCO)CC1CC(=O)c2c(O)c(CNCc3ccc(C(=O)O)cc3)cc(N(C)C)c2C1.CNC.O.[HH].[HH]. The number of ketones is 3. The van der Waals surface area contributed by atoms with E-state index in [0.717, 1.165) is 16.8 Å². The number of Topliss-reactive ketones (excluding diaryl/α,β-unsaturated/α-hetero) is 3. The summed E-state index contributed by atoms with van der Waals surface area (Å²) in [4.78, 5) is 50.5. The van der Waals surface area contributed by atoms with Crippen LogP contribution in [0.15, 0.2) is 30.3 Å². The topological polar surface area (TPSA) is 208 Å². The molecule has 0 spiro atoms. The van der Waals surface area contributed by atoms with Crippen LogP contribution in [0.5, 0.6) is 5.75 Å². The number of phenolic OH excluding ortho intramolecular Hbond substituents is 1. The number of carboxylic acids is 1. The van der Waals surface area contributed by atoms with Gasteiger partial charge in [0.2, 0.25) is 0 Å². The largest absolute Gasteiger partial charge is 0.507 e. The van der Waals surface area contributed by atoms with Gasteiger partial charge in [-0.3, -0.25) is 14.4 Å². The van der Waals surface area contributed by atoms with Crippen molar-refractivity contribution in [2.24, 2.45) is 17.8 Å². The van der Waals surface area contributed by atoms with Crippen LogP contribution in [-0.4, -0.2) is 90.6 Å². The first kappa shape index (κ1) is 39.3. The average molecular weight is 636 g/mol. The molecule has 3 unspecified atom stereocenters. The van der Waals surface area contributed by atoms with Gasteiger partial charge in [0.05, 0.1) is 24.2 Å². The summed E-state index contributed by atoms with van der Waals surface area (Å²) in [7, 11) is 7.47. The number of aromatic hydroxyl groups is 1. The van der Waals surface area contributed by atoms with Crippen LogP contribution in [-0.2, 0) is 29.1 Å². The summed E-state index contributed by atoms with van der Waals surface area (Å²) in [5.41, 5.74) is 3.45. The third-order valence-electron chi connectivity index (χ3n) is 7.77. The van der Waals surface area contributed by atoms with E-state index in [4.69, 9.17) is 5.11 Å². The highest BCUT2D eigenvalue weighted by atomic mass is 16.4. The fraction of sp³-hybridized carbons (Fsp3) is 0.515. The Bertz CT molecular complexity index is 1310. The first-order valence-corrected chi connectivity index (χ1v) is 14.8. The number of carbonyl (C=O) groups excluding carboxylic acids is 3. The van der Waals surface area contributed by atoms with Crippen molar-refractivity contribution < 1.29 is 47.9 Å². The second-order valence-corrected chi connectivity index (χ2v) is 11.6. The van der Waals surface area contributed by atoms with E-state index in [1.165, 1.54) is 19.1 Å². The van der Waals surface area contributed by atoms with Crippen molar-refractivity contribution in [2.45, 2.75) is 52.1 Å². The van der Waals surface area contributed by atoms with Gasteiger partial charge in [-0.05, 0) is 81.4 Å². The minimum Gasteiger partial charge on any atom is -0.507 e. The molecule has 12 heteroatoms. The van der Waals surface area contributed by atoms with Crippen molar-refractivity contribution in [1.82, 2.24) is 10.6 Å². The number of aromatic carboxylic acids is 1. The lowest BCUT2D eigenvalue weighted by atomic mass is 9.73. The zero-order valence-corrected chi connectivity index (χ0v) is 26.9. The summed E-state index contributed by atoms with van der Waals surface area (Å²) < 4.78 is 0. The van der Waals surface area contributed by atoms with Crippen molar-refractivity contribution in [1.29, 1.82) is 0 Å². The number of rotatable bonds is 15. The lowest BCUT2D eigenvalue weighted by Crippen LogP contribution is -2.33. The molecule has 254 valence electrons. The number of phenols is 1. The second-order valence-electron chi connectivity index (χ2n) is 11.6. The third-order valence-corrected chi connectivity index (χ3v) is 7.77. The monoisotopic (exact) mass is 635 g/mol. The van der Waals surface area contributed by atoms with Crippen molar-refractivity contribution >= 4 is 29.0 Å². The van der Waals surface area contributed by atoms with Crippen LogP contribution in [0.3, 0.4) is 0 Å². The van der Waals surface area contributed by atoms with Crippen LogP contribution in [0.2, 0.25) is 0 Å². The standard InChI is InChI=1S/C31H40N2O8.C2H7N.H2O.2H2/c1-18(36)10-27(37)25(17-35)22(8-9-34)11-20-12-24-26(33(2)3)14-23(30(39)29(24)28(38)13-20)16-32-15-19-4-6-21(7-5-19)31(40)41;1-3-2;;;/h4-7,14,20,22,25,32,34-35,39H,8-13,15-17H2,1-3H3,(H,40,41);3H,1-2H3;1H2;2*1H. The molecule has 0 aliphatic heterocycles. The van der Waals surface area contributed by atoms with Gasteiger partial charge in [-0.25, -0.2) is 4.79 Å². The molecular formula is C33H53N3O9. The molecule has 0 heterocycles. The van der Waals surface area contributed by atoms with Crippen LogP contribution >= 0.6 is 0 Å². The minimum atomic E-state index is -0.995. The van der Waals surface area contributed by atoms with Gasteiger partial charge in [0.25, 0.3) is 0 Å². The fourth-order valence-electron chi connectivity index (χ4n) is 5.76. The van der Waals surface area contributed by atoms with Gasteiger partial charge in [0.15, 0.2) is 5.78 Å². The summed E-state index contributed by atoms with van der Waals surface area (Å²) in [6, 6.07) is 8.35. The Kier molecular flexibility index (Phi) is 16.6. The number of nitrogens with one attached hydrogen (secondary N) is 2. The average Bonchev–Trinajstić information content (AvgIpc) is 2.94. The summed E-state index contributed by atoms with van der Waals surface area (Å²) in [6.45, 7) is 1.42. The molecule has 0 radical (unpaired) electrons. The van der Waals surface area contributed by atoms with Gasteiger partial charge >= 0.3 is 5.97 Å². The lowest BCUT2D eigenvalue weighted by Gasteiger charge is -2.33. The van der Waals surface area contributed by atoms with Crippen molar-refractivity contribution in [2.75, 3.05) is 46.3 Å². The molecule has 0 saturated heterocycles. The van der Waals surface area contributed by atoms with E-state index in [-0.39, 0.29) is 81.2 Å². The van der Waals surface area contributed by atoms with Gasteiger partial charge < -0.3 is 41.4 Å². The fourth-order valence-corrected chi connectivity index (χ4v) is 5.76. The van der Waals surface area contributed by atoms with Crippen LogP contribution in [0, 0.1) is 17.8 Å². The highest BCUT2D eigenvalue weighted by Crippen LogP contribution is 2.42. The predicted octanol–water partition coefficient (Wildman–Crippen LogP) is 2.24. The number of fused-ring (bicyclic) bond motifs is 1. The van der Waals surface area contributed by atoms with Crippen LogP contribution in [0.4, 0.5) is 5.69 Å². The molecule has 3 rings (SSSR count). The molecular weight excluding hydrogens is 582 g/mol. The van der Waals surface area contributed by atoms with Crippen LogP contribution in [0.25, 0.3) is 0 Å². The Morgan fingerprint density at radius 3 is 2.20 bits per heavy atom. The van der Waals surface area contributed by atoms with E-state index in [0.29, 0.717) is 30.5 Å². The van der Waals surface area contributed by atoms with Crippen LogP contribution in [0.1, 0.15) is 72.9 Å². The zero-order chi connectivity index (χ0) is 33.0. The van der Waals surface area contributed by atoms with Crippen molar-refractivity contribution in [3.8, 4) is 5.75 Å². The Hall–Kier alpha value is -3.68. The smallest absolute Gasteiger partial charge is 0.335 e. The second kappa shape index (κ2) is 19.0. The predicted molar refractivity (Wildman–Crippen MR) is 176 cm³/mol. The molecule has 0 bridgehead atoms. The quantitative estimate of drug-likeness (QED) is 0.156. The van der Waals surface area contributed by atoms with Gasteiger partial charge in [0, 0.05) is 60.2 Å². The number of carboxylic acid groups (broad SMARTS) is 1. The molecule has 3 atom stereocenters. The van der Waals surface area contributed by atoms with E-state index >= 15 is 0 Å². The molecule has 45 heavy (non-hydrogen) atoms. The van der Waals surface area contributed by atoms with E-state index < -0.39 is 18.5 Å². The highest BCUT2D eigenvalue weighted by Gasteiger charge is 2.36. The number of hydrogen-bond acceptors (Lipinski definition) is 10. The Balaban J connectivity index is 0. The number of benzene rings is 2. The Morgan fingerprint density at radius 1 is 1.07 bits per heavy atom. The zero-order valence-electron chi connectivity index (χ0n) is 26.9. The summed E-state index contributed by atoms with van der Waals surface area (Å²) in [6.07, 6.45) is 1.04. The molecule has 0 fully saturated rings. The van der Waals surface area contributed by atoms with Gasteiger partial charge in [-0.2, -0.15) is 0 Å². The number of carbonyl (C=O) groups is 4. The maximum absolute atomic E-state index is 13.4. The molecule has 12 nitrogen and oxygen atoms in total. The van der Waals surface area contributed by atoms with E-state index in [1.54, 1.807) is 12.1 Å². The van der Waals surface area contributed by atoms with Gasteiger partial charge in [0.1, 0.15) is 17.3 Å². The number of anilines is 1. The molecule has 2 aromatic carbocycles. The number of nitrogens with zero attached hydrogens (tertiary/aromatic N) is 1. The lowest BCUT2D eigenvalue weighted by molar-refractivity contribution is -0.131. The molecule has 0 saturated carbocycles. The van der Waals surface area contributed by atoms with Gasteiger partial charge in [-0.15, -0.1) is 0 Å². The summed E-state index contributed by atoms with van der Waals surface area (Å²) in [5.74, 6) is -3.26. The maximum atomic E-state index is 13.4. The van der Waals surface area contributed by atoms with Crippen molar-refractivity contribution in [3.05, 3.63) is 58.1 Å². The van der Waals surface area contributed by atoms with Crippen molar-refractivity contribution in [3.63, 3.8) is 0 Å². The summed E-state index contributed by atoms with van der Waals surface area (Å²) >= 11 is 0. The van der Waals surface area contributed by atoms with E-state index in [2.05, 4.69) is 10.6 Å². The Morgan fingerprint density at radius 2 is 1.69 bits per heavy atom. The number of aliphatic hydroxyl groups excluding tert-OH is 2. The first-order valence-electron chi connectivity index (χ1n) is 14.8. The third kappa shape index (κ3) is 11.0. The number of aliphatic hydroxyl groups is 2. The van der Waals surface area contributed by atoms with E-state index in [9.17, 15) is 34.5 Å².